The quantitative estimate of drug-likeness (QED) is 0.187. The van der Waals surface area contributed by atoms with E-state index in [2.05, 4.69) is 124 Å². The van der Waals surface area contributed by atoms with Crippen LogP contribution in [0.1, 0.15) is 0 Å². The van der Waals surface area contributed by atoms with Gasteiger partial charge < -0.3 is 9.40 Å². The Morgan fingerprint density at radius 2 is 0.943 bits per heavy atom. The van der Waals surface area contributed by atoms with Crippen molar-refractivity contribution in [2.45, 2.75) is 0 Å². The lowest BCUT2D eigenvalue weighted by Gasteiger charge is -2.10. The van der Waals surface area contributed by atoms with Crippen LogP contribution in [0.15, 0.2) is 168 Å². The first kappa shape index (κ1) is 30.9. The number of halogens is 1. The molecule has 250 valence electrons. The average molecular weight is 702 g/mol. The lowest BCUT2D eigenvalue weighted by Crippen LogP contribution is -1.97. The van der Waals surface area contributed by atoms with E-state index in [1.165, 1.54) is 5.39 Å². The molecule has 10 aromatic rings. The number of fused-ring (bicyclic) bond motifs is 5. The molecule has 7 heteroatoms. The Bertz CT molecular complexity index is 2970. The number of nitrogens with one attached hydrogen (secondary N) is 1. The molecule has 0 aliphatic carbocycles. The minimum atomic E-state index is 0.148. The topological polar surface area (TPSA) is 80.5 Å². The Morgan fingerprint density at radius 1 is 0.415 bits per heavy atom. The predicted octanol–water partition coefficient (Wildman–Crippen LogP) is 12.3. The molecule has 0 fully saturated rings. The van der Waals surface area contributed by atoms with E-state index in [1.54, 1.807) is 0 Å². The van der Waals surface area contributed by atoms with Crippen LogP contribution in [-0.4, -0.2) is 24.9 Å². The summed E-state index contributed by atoms with van der Waals surface area (Å²) >= 11 is 6.49. The van der Waals surface area contributed by atoms with Crippen LogP contribution in [0.4, 0.5) is 0 Å². The number of nitrogens with zero attached hydrogens (tertiary/aromatic N) is 4. The van der Waals surface area contributed by atoms with Gasteiger partial charge in [-0.15, -0.1) is 0 Å². The summed E-state index contributed by atoms with van der Waals surface area (Å²) in [6.07, 6.45) is 0. The van der Waals surface area contributed by atoms with Crippen LogP contribution in [0.3, 0.4) is 0 Å². The molecule has 0 unspecified atom stereocenters. The summed E-state index contributed by atoms with van der Waals surface area (Å²) < 4.78 is 6.24. The molecule has 0 spiro atoms. The average Bonchev–Trinajstić information content (AvgIpc) is 3.84. The number of aromatic amines is 1. The third-order valence-electron chi connectivity index (χ3n) is 9.66. The number of benzene rings is 7. The first-order valence-electron chi connectivity index (χ1n) is 17.3. The molecular weight excluding hydrogens is 674 g/mol. The fourth-order valence-corrected chi connectivity index (χ4v) is 7.19. The monoisotopic (exact) mass is 701 g/mol. The van der Waals surface area contributed by atoms with Gasteiger partial charge in [0.05, 0.1) is 5.52 Å². The van der Waals surface area contributed by atoms with Crippen LogP contribution in [0.5, 0.6) is 0 Å². The van der Waals surface area contributed by atoms with Crippen molar-refractivity contribution in [1.82, 2.24) is 24.9 Å². The predicted molar refractivity (Wildman–Crippen MR) is 214 cm³/mol. The van der Waals surface area contributed by atoms with Crippen LogP contribution >= 0.6 is 11.6 Å². The number of H-pyrrole nitrogens is 1. The van der Waals surface area contributed by atoms with Gasteiger partial charge in [-0.1, -0.05) is 115 Å². The maximum absolute atomic E-state index is 6.49. The van der Waals surface area contributed by atoms with E-state index in [0.717, 1.165) is 77.6 Å². The SMILES string of the molecule is Clc1nc(-c2cccc(-c3ccccc3)c2)nc(-c2cccc(-c3cccc(-c4ccc(-c5nc6c(ccc7c8ccccc8[nH]c76)o5)cc4)c3)c2)n1. The summed E-state index contributed by atoms with van der Waals surface area (Å²) in [5.41, 5.74) is 12.8. The van der Waals surface area contributed by atoms with E-state index in [0.29, 0.717) is 17.5 Å². The van der Waals surface area contributed by atoms with Gasteiger partial charge in [-0.2, -0.15) is 9.97 Å². The normalized spacial score (nSPS) is 11.5. The molecule has 0 bridgehead atoms. The molecule has 0 amide bonds. The highest BCUT2D eigenvalue weighted by Crippen LogP contribution is 2.35. The third kappa shape index (κ3) is 5.72. The molecule has 0 aliphatic rings. The Balaban J connectivity index is 0.935. The van der Waals surface area contributed by atoms with Crippen molar-refractivity contribution in [1.29, 1.82) is 0 Å². The minimum Gasteiger partial charge on any atom is -0.436 e. The zero-order valence-electron chi connectivity index (χ0n) is 28.2. The first-order chi connectivity index (χ1) is 26.1. The van der Waals surface area contributed by atoms with Crippen molar-refractivity contribution in [3.63, 3.8) is 0 Å². The van der Waals surface area contributed by atoms with E-state index in [9.17, 15) is 0 Å². The van der Waals surface area contributed by atoms with Crippen molar-refractivity contribution in [2.75, 3.05) is 0 Å². The second-order valence-electron chi connectivity index (χ2n) is 13.0. The van der Waals surface area contributed by atoms with Gasteiger partial charge in [-0.3, -0.25) is 0 Å². The molecule has 0 aliphatic heterocycles. The van der Waals surface area contributed by atoms with Crippen LogP contribution < -0.4 is 0 Å². The van der Waals surface area contributed by atoms with E-state index < -0.39 is 0 Å². The first-order valence-corrected chi connectivity index (χ1v) is 17.7. The maximum Gasteiger partial charge on any atom is 0.227 e. The molecule has 6 nitrogen and oxygen atoms in total. The van der Waals surface area contributed by atoms with Gasteiger partial charge >= 0.3 is 0 Å². The molecule has 0 saturated carbocycles. The van der Waals surface area contributed by atoms with Gasteiger partial charge in [0.15, 0.2) is 17.2 Å². The molecule has 1 N–H and O–H groups in total. The number of rotatable bonds is 6. The fraction of sp³-hybridized carbons (Fsp3) is 0. The Hall–Kier alpha value is -6.89. The molecule has 0 radical (unpaired) electrons. The van der Waals surface area contributed by atoms with Gasteiger partial charge in [0.25, 0.3) is 0 Å². The standard InChI is InChI=1S/C46H28ClN5O/c47-46-51-43(35-15-7-12-32(26-35)28-9-2-1-3-10-28)50-44(52-46)36-16-8-14-34(27-36)33-13-6-11-31(25-33)29-19-21-30(22-20-29)45-49-42-40(53-45)24-23-38-37-17-4-5-18-39(37)48-41(38)42/h1-27,48H. The fourth-order valence-electron chi connectivity index (χ4n) is 7.03. The number of hydrogen-bond acceptors (Lipinski definition) is 5. The molecule has 3 heterocycles. The lowest BCUT2D eigenvalue weighted by atomic mass is 9.97. The van der Waals surface area contributed by atoms with Crippen molar-refractivity contribution in [3.8, 4) is 67.6 Å². The zero-order valence-corrected chi connectivity index (χ0v) is 28.9. The highest BCUT2D eigenvalue weighted by molar-refractivity contribution is 6.28. The Morgan fingerprint density at radius 3 is 1.62 bits per heavy atom. The molecule has 7 aromatic carbocycles. The number of para-hydroxylation sites is 1. The summed E-state index contributed by atoms with van der Waals surface area (Å²) in [6.45, 7) is 0. The van der Waals surface area contributed by atoms with Crippen LogP contribution in [0.2, 0.25) is 5.28 Å². The highest BCUT2D eigenvalue weighted by Gasteiger charge is 2.15. The summed E-state index contributed by atoms with van der Waals surface area (Å²) in [5.74, 6) is 1.63. The van der Waals surface area contributed by atoms with Crippen LogP contribution in [0, 0.1) is 0 Å². The number of aromatic nitrogens is 5. The smallest absolute Gasteiger partial charge is 0.227 e. The Kier molecular flexibility index (Phi) is 7.41. The molecule has 0 atom stereocenters. The van der Waals surface area contributed by atoms with E-state index in [4.69, 9.17) is 26.0 Å². The summed E-state index contributed by atoms with van der Waals surface area (Å²) in [5, 5.41) is 2.47. The van der Waals surface area contributed by atoms with Gasteiger partial charge in [0.1, 0.15) is 5.52 Å². The van der Waals surface area contributed by atoms with Crippen molar-refractivity contribution < 1.29 is 4.42 Å². The molecule has 10 rings (SSSR count). The van der Waals surface area contributed by atoms with Crippen LogP contribution in [-0.2, 0) is 0 Å². The molecule has 53 heavy (non-hydrogen) atoms. The van der Waals surface area contributed by atoms with E-state index in [1.807, 2.05) is 54.6 Å². The zero-order chi connectivity index (χ0) is 35.3. The van der Waals surface area contributed by atoms with Crippen LogP contribution in [0.25, 0.3) is 101 Å². The van der Waals surface area contributed by atoms with Gasteiger partial charge in [-0.25, -0.2) is 9.97 Å². The summed E-state index contributed by atoms with van der Waals surface area (Å²) in [6, 6.07) is 55.8. The van der Waals surface area contributed by atoms with Crippen molar-refractivity contribution in [3.05, 3.63) is 169 Å². The highest BCUT2D eigenvalue weighted by atomic mass is 35.5. The third-order valence-corrected chi connectivity index (χ3v) is 9.82. The van der Waals surface area contributed by atoms with Gasteiger partial charge in [0.2, 0.25) is 11.2 Å². The lowest BCUT2D eigenvalue weighted by molar-refractivity contribution is 0.620. The molecule has 3 aromatic heterocycles. The molecular formula is C46H28ClN5O. The van der Waals surface area contributed by atoms with Gasteiger partial charge in [0, 0.05) is 33.0 Å². The number of oxazole rings is 1. The van der Waals surface area contributed by atoms with E-state index in [-0.39, 0.29) is 5.28 Å². The second kappa shape index (κ2) is 12.7. The number of hydrogen-bond donors (Lipinski definition) is 1. The second-order valence-corrected chi connectivity index (χ2v) is 13.3. The van der Waals surface area contributed by atoms with Crippen molar-refractivity contribution in [2.24, 2.45) is 0 Å². The minimum absolute atomic E-state index is 0.148. The van der Waals surface area contributed by atoms with E-state index >= 15 is 0 Å². The van der Waals surface area contributed by atoms with Gasteiger partial charge in [-0.05, 0) is 93.5 Å². The summed E-state index contributed by atoms with van der Waals surface area (Å²) in [4.78, 5) is 22.3. The largest absolute Gasteiger partial charge is 0.436 e. The Labute approximate surface area is 309 Å². The summed E-state index contributed by atoms with van der Waals surface area (Å²) in [7, 11) is 0. The molecule has 0 saturated heterocycles. The van der Waals surface area contributed by atoms with Crippen molar-refractivity contribution >= 4 is 44.5 Å². The maximum atomic E-state index is 6.49.